The van der Waals surface area contributed by atoms with Gasteiger partial charge in [-0.2, -0.15) is 0 Å². The topological polar surface area (TPSA) is 3.24 Å². The van der Waals surface area contributed by atoms with Gasteiger partial charge in [0.15, 0.2) is 0 Å². The molecule has 9 aromatic rings. The maximum absolute atomic E-state index is 2.40. The van der Waals surface area contributed by atoms with Crippen LogP contribution in [0.3, 0.4) is 0 Å². The molecule has 0 atom stereocenters. The highest BCUT2D eigenvalue weighted by Gasteiger charge is 2.21. The Balaban J connectivity index is 1.20. The van der Waals surface area contributed by atoms with Crippen LogP contribution >= 0.6 is 0 Å². The molecule has 0 aliphatic carbocycles. The standard InChI is InChI=1S/C54H39N/c1-5-17-40(18-6-1)43-29-34-47(35-30-43)55(48-36-31-44(32-37-48)41-19-7-2-8-20-41)54-28-16-15-27-52(54)50-26-14-13-25-49(50)51-38-33-46(42-21-9-3-10-22-42)39-53(51)45-23-11-4-12-24-45/h1-39H. The fourth-order valence-corrected chi connectivity index (χ4v) is 7.59. The molecule has 1 nitrogen and oxygen atoms in total. The van der Waals surface area contributed by atoms with Crippen molar-refractivity contribution in [3.05, 3.63) is 237 Å². The predicted molar refractivity (Wildman–Crippen MR) is 234 cm³/mol. The van der Waals surface area contributed by atoms with E-state index in [0.29, 0.717) is 0 Å². The van der Waals surface area contributed by atoms with E-state index in [1.807, 2.05) is 0 Å². The monoisotopic (exact) mass is 701 g/mol. The predicted octanol–water partition coefficient (Wildman–Crippen LogP) is 15.2. The summed E-state index contributed by atoms with van der Waals surface area (Å²) >= 11 is 0. The fourth-order valence-electron chi connectivity index (χ4n) is 7.59. The molecule has 55 heavy (non-hydrogen) atoms. The lowest BCUT2D eigenvalue weighted by molar-refractivity contribution is 1.28. The van der Waals surface area contributed by atoms with Gasteiger partial charge in [0.25, 0.3) is 0 Å². The third-order valence-corrected chi connectivity index (χ3v) is 10.3. The second-order valence-electron chi connectivity index (χ2n) is 13.7. The lowest BCUT2D eigenvalue weighted by atomic mass is 9.87. The molecule has 0 N–H and O–H groups in total. The minimum absolute atomic E-state index is 1.09. The van der Waals surface area contributed by atoms with Crippen LogP contribution in [0.15, 0.2) is 237 Å². The van der Waals surface area contributed by atoms with E-state index in [4.69, 9.17) is 0 Å². The van der Waals surface area contributed by atoms with Crippen LogP contribution in [-0.2, 0) is 0 Å². The third kappa shape index (κ3) is 7.00. The number of para-hydroxylation sites is 1. The number of hydrogen-bond donors (Lipinski definition) is 0. The minimum Gasteiger partial charge on any atom is -0.310 e. The van der Waals surface area contributed by atoms with Gasteiger partial charge >= 0.3 is 0 Å². The summed E-state index contributed by atoms with van der Waals surface area (Å²) in [4.78, 5) is 2.40. The highest BCUT2D eigenvalue weighted by atomic mass is 15.1. The zero-order chi connectivity index (χ0) is 36.8. The molecule has 0 radical (unpaired) electrons. The van der Waals surface area contributed by atoms with Crippen molar-refractivity contribution in [2.24, 2.45) is 0 Å². The summed E-state index contributed by atoms with van der Waals surface area (Å²) in [6.45, 7) is 0. The van der Waals surface area contributed by atoms with E-state index in [-0.39, 0.29) is 0 Å². The maximum Gasteiger partial charge on any atom is 0.0540 e. The van der Waals surface area contributed by atoms with Gasteiger partial charge in [-0.1, -0.05) is 200 Å². The van der Waals surface area contributed by atoms with Gasteiger partial charge in [0, 0.05) is 16.9 Å². The van der Waals surface area contributed by atoms with E-state index in [9.17, 15) is 0 Å². The Labute approximate surface area is 324 Å². The molecule has 0 aromatic heterocycles. The normalized spacial score (nSPS) is 10.9. The first-order chi connectivity index (χ1) is 27.3. The van der Waals surface area contributed by atoms with Gasteiger partial charge in [-0.25, -0.2) is 0 Å². The Morgan fingerprint density at radius 3 is 1.02 bits per heavy atom. The largest absolute Gasteiger partial charge is 0.310 e. The SMILES string of the molecule is c1ccc(-c2ccc(N(c3ccc(-c4ccccc4)cc3)c3ccccc3-c3ccccc3-c3ccc(-c4ccccc4)cc3-c3ccccc3)cc2)cc1. The highest BCUT2D eigenvalue weighted by molar-refractivity contribution is 5.98. The number of nitrogens with zero attached hydrogens (tertiary/aromatic N) is 1. The Bertz CT molecular complexity index is 2560. The summed E-state index contributed by atoms with van der Waals surface area (Å²) in [6.07, 6.45) is 0. The molecular formula is C54H39N. The molecule has 0 aliphatic heterocycles. The summed E-state index contributed by atoms with van der Waals surface area (Å²) in [6, 6.07) is 85.0. The lowest BCUT2D eigenvalue weighted by Gasteiger charge is -2.29. The zero-order valence-electron chi connectivity index (χ0n) is 30.5. The smallest absolute Gasteiger partial charge is 0.0540 e. The van der Waals surface area contributed by atoms with Gasteiger partial charge in [0.2, 0.25) is 0 Å². The molecule has 0 spiro atoms. The summed E-state index contributed by atoms with van der Waals surface area (Å²) in [7, 11) is 0. The van der Waals surface area contributed by atoms with Crippen molar-refractivity contribution < 1.29 is 0 Å². The average molecular weight is 702 g/mol. The van der Waals surface area contributed by atoms with Crippen LogP contribution in [0.2, 0.25) is 0 Å². The quantitative estimate of drug-likeness (QED) is 0.145. The second kappa shape index (κ2) is 15.4. The van der Waals surface area contributed by atoms with Crippen LogP contribution in [0.5, 0.6) is 0 Å². The lowest BCUT2D eigenvalue weighted by Crippen LogP contribution is -2.11. The first-order valence-corrected chi connectivity index (χ1v) is 18.8. The molecule has 9 rings (SSSR count). The van der Waals surface area contributed by atoms with Crippen molar-refractivity contribution in [2.75, 3.05) is 4.90 Å². The summed E-state index contributed by atoms with van der Waals surface area (Å²) in [5, 5.41) is 0. The van der Waals surface area contributed by atoms with Gasteiger partial charge in [0.1, 0.15) is 0 Å². The van der Waals surface area contributed by atoms with Crippen LogP contribution in [0.25, 0.3) is 66.8 Å². The van der Waals surface area contributed by atoms with Crippen LogP contribution in [0.4, 0.5) is 17.1 Å². The van der Waals surface area contributed by atoms with Crippen LogP contribution in [0, 0.1) is 0 Å². The van der Waals surface area contributed by atoms with Gasteiger partial charge in [-0.05, 0) is 97.6 Å². The Kier molecular flexibility index (Phi) is 9.41. The van der Waals surface area contributed by atoms with E-state index < -0.39 is 0 Å². The summed E-state index contributed by atoms with van der Waals surface area (Å²) in [5.41, 5.74) is 17.6. The molecule has 0 fully saturated rings. The number of rotatable bonds is 9. The molecule has 0 heterocycles. The average Bonchev–Trinajstić information content (AvgIpc) is 3.28. The molecule has 0 bridgehead atoms. The zero-order valence-corrected chi connectivity index (χ0v) is 30.5. The minimum atomic E-state index is 1.09. The van der Waals surface area contributed by atoms with Gasteiger partial charge in [0.05, 0.1) is 5.69 Å². The van der Waals surface area contributed by atoms with Crippen LogP contribution < -0.4 is 4.90 Å². The summed E-state index contributed by atoms with van der Waals surface area (Å²) in [5.74, 6) is 0. The van der Waals surface area contributed by atoms with E-state index in [0.717, 1.165) is 22.6 Å². The maximum atomic E-state index is 2.40. The van der Waals surface area contributed by atoms with Crippen molar-refractivity contribution >= 4 is 17.1 Å². The van der Waals surface area contributed by atoms with Gasteiger partial charge in [-0.15, -0.1) is 0 Å². The number of anilines is 3. The molecule has 1 heteroatoms. The summed E-state index contributed by atoms with van der Waals surface area (Å²) < 4.78 is 0. The first-order valence-electron chi connectivity index (χ1n) is 18.8. The molecule has 260 valence electrons. The molecular weight excluding hydrogens is 663 g/mol. The van der Waals surface area contributed by atoms with Crippen LogP contribution in [-0.4, -0.2) is 0 Å². The fraction of sp³-hybridized carbons (Fsp3) is 0. The molecule has 0 amide bonds. The molecule has 0 aliphatic rings. The van der Waals surface area contributed by atoms with Crippen LogP contribution in [0.1, 0.15) is 0 Å². The molecule has 0 saturated carbocycles. The Morgan fingerprint density at radius 1 is 0.200 bits per heavy atom. The van der Waals surface area contributed by atoms with Crippen molar-refractivity contribution in [1.29, 1.82) is 0 Å². The number of hydrogen-bond acceptors (Lipinski definition) is 1. The molecule has 0 unspecified atom stereocenters. The Hall–Kier alpha value is -7.22. The van der Waals surface area contributed by atoms with E-state index in [1.165, 1.54) is 61.2 Å². The van der Waals surface area contributed by atoms with Gasteiger partial charge < -0.3 is 4.90 Å². The number of benzene rings is 9. The second-order valence-corrected chi connectivity index (χ2v) is 13.7. The van der Waals surface area contributed by atoms with E-state index in [2.05, 4.69) is 241 Å². The molecule has 0 saturated heterocycles. The Morgan fingerprint density at radius 2 is 0.527 bits per heavy atom. The van der Waals surface area contributed by atoms with E-state index >= 15 is 0 Å². The molecule has 9 aromatic carbocycles. The van der Waals surface area contributed by atoms with Crippen molar-refractivity contribution in [1.82, 2.24) is 0 Å². The van der Waals surface area contributed by atoms with E-state index in [1.54, 1.807) is 0 Å². The third-order valence-electron chi connectivity index (χ3n) is 10.3. The van der Waals surface area contributed by atoms with Gasteiger partial charge in [-0.3, -0.25) is 0 Å². The van der Waals surface area contributed by atoms with Crippen molar-refractivity contribution in [3.63, 3.8) is 0 Å². The van der Waals surface area contributed by atoms with Crippen molar-refractivity contribution in [3.8, 4) is 66.8 Å². The van der Waals surface area contributed by atoms with Crippen molar-refractivity contribution in [2.45, 2.75) is 0 Å². The first kappa shape index (κ1) is 33.6. The highest BCUT2D eigenvalue weighted by Crippen LogP contribution is 2.46.